The lowest BCUT2D eigenvalue weighted by atomic mass is 10.2. The van der Waals surface area contributed by atoms with Crippen molar-refractivity contribution in [2.45, 2.75) is 25.2 Å². The van der Waals surface area contributed by atoms with Crippen molar-refractivity contribution < 1.29 is 28.6 Å². The monoisotopic (exact) mass is 416 g/mol. The Morgan fingerprint density at radius 3 is 2.60 bits per heavy atom. The fourth-order valence-corrected chi connectivity index (χ4v) is 3.27. The van der Waals surface area contributed by atoms with Gasteiger partial charge in [0.2, 0.25) is 5.91 Å². The Hall–Kier alpha value is -3.13. The SMILES string of the molecule is CN(CCOc1ccccc1F)C(=O)[C@@H]1C[C@@H](O)CN1C(=O)OCc1ccccc1. The van der Waals surface area contributed by atoms with E-state index in [4.69, 9.17) is 9.47 Å². The highest BCUT2D eigenvalue weighted by molar-refractivity contribution is 5.86. The number of likely N-dealkylation sites (tertiary alicyclic amines) is 1. The number of carbonyl (C=O) groups is 2. The molecule has 3 rings (SSSR count). The molecule has 1 aliphatic rings. The molecule has 7 nitrogen and oxygen atoms in total. The summed E-state index contributed by atoms with van der Waals surface area (Å²) in [5.74, 6) is -0.696. The van der Waals surface area contributed by atoms with Gasteiger partial charge in [0, 0.05) is 13.5 Å². The lowest BCUT2D eigenvalue weighted by molar-refractivity contribution is -0.134. The summed E-state index contributed by atoms with van der Waals surface area (Å²) in [7, 11) is 1.57. The first-order valence-corrected chi connectivity index (χ1v) is 9.73. The summed E-state index contributed by atoms with van der Waals surface area (Å²) in [5, 5.41) is 10.0. The summed E-state index contributed by atoms with van der Waals surface area (Å²) < 4.78 is 24.3. The van der Waals surface area contributed by atoms with Gasteiger partial charge in [-0.05, 0) is 17.7 Å². The third kappa shape index (κ3) is 5.48. The summed E-state index contributed by atoms with van der Waals surface area (Å²) in [4.78, 5) is 28.0. The number of ether oxygens (including phenoxy) is 2. The number of amides is 2. The van der Waals surface area contributed by atoms with Gasteiger partial charge in [-0.1, -0.05) is 42.5 Å². The number of benzene rings is 2. The zero-order chi connectivity index (χ0) is 21.5. The molecule has 2 aromatic rings. The van der Waals surface area contributed by atoms with Crippen LogP contribution in [0.3, 0.4) is 0 Å². The average Bonchev–Trinajstić information content (AvgIpc) is 3.15. The number of nitrogens with zero attached hydrogens (tertiary/aromatic N) is 2. The second-order valence-corrected chi connectivity index (χ2v) is 7.14. The van der Waals surface area contributed by atoms with E-state index in [0.29, 0.717) is 0 Å². The Bertz CT molecular complexity index is 864. The number of halogens is 1. The van der Waals surface area contributed by atoms with Gasteiger partial charge >= 0.3 is 6.09 Å². The van der Waals surface area contributed by atoms with Crippen molar-refractivity contribution in [1.29, 1.82) is 0 Å². The molecule has 0 aromatic heterocycles. The second kappa shape index (κ2) is 10.1. The molecule has 0 radical (unpaired) electrons. The average molecular weight is 416 g/mol. The Labute approximate surface area is 174 Å². The van der Waals surface area contributed by atoms with E-state index >= 15 is 0 Å². The van der Waals surface area contributed by atoms with Crippen LogP contribution in [0.4, 0.5) is 9.18 Å². The number of hydrogen-bond acceptors (Lipinski definition) is 5. The summed E-state index contributed by atoms with van der Waals surface area (Å²) in [5.41, 5.74) is 0.830. The van der Waals surface area contributed by atoms with E-state index in [-0.39, 0.29) is 44.4 Å². The summed E-state index contributed by atoms with van der Waals surface area (Å²) in [6.45, 7) is 0.409. The van der Waals surface area contributed by atoms with Crippen molar-refractivity contribution in [3.05, 3.63) is 66.0 Å². The molecule has 160 valence electrons. The fourth-order valence-electron chi connectivity index (χ4n) is 3.27. The van der Waals surface area contributed by atoms with Crippen molar-refractivity contribution in [3.8, 4) is 5.75 Å². The molecule has 1 saturated heterocycles. The minimum absolute atomic E-state index is 0.0313. The lowest BCUT2D eigenvalue weighted by Crippen LogP contribution is -2.47. The predicted molar refractivity (Wildman–Crippen MR) is 107 cm³/mol. The first-order chi connectivity index (χ1) is 14.5. The second-order valence-electron chi connectivity index (χ2n) is 7.14. The Morgan fingerprint density at radius 2 is 1.87 bits per heavy atom. The maximum Gasteiger partial charge on any atom is 0.410 e. The molecule has 0 bridgehead atoms. The third-order valence-electron chi connectivity index (χ3n) is 4.90. The molecule has 30 heavy (non-hydrogen) atoms. The largest absolute Gasteiger partial charge is 0.489 e. The van der Waals surface area contributed by atoms with Gasteiger partial charge in [0.25, 0.3) is 0 Å². The predicted octanol–water partition coefficient (Wildman–Crippen LogP) is 2.43. The maximum atomic E-state index is 13.6. The number of hydrogen-bond donors (Lipinski definition) is 1. The summed E-state index contributed by atoms with van der Waals surface area (Å²) >= 11 is 0. The molecule has 2 amide bonds. The molecule has 1 heterocycles. The van der Waals surface area contributed by atoms with E-state index < -0.39 is 24.1 Å². The molecule has 1 aliphatic heterocycles. The van der Waals surface area contributed by atoms with Crippen LogP contribution in [0, 0.1) is 5.82 Å². The van der Waals surface area contributed by atoms with Gasteiger partial charge in [0.15, 0.2) is 11.6 Å². The highest BCUT2D eigenvalue weighted by atomic mass is 19.1. The van der Waals surface area contributed by atoms with E-state index in [9.17, 15) is 19.1 Å². The van der Waals surface area contributed by atoms with Gasteiger partial charge in [-0.2, -0.15) is 0 Å². The van der Waals surface area contributed by atoms with Crippen LogP contribution in [0.1, 0.15) is 12.0 Å². The van der Waals surface area contributed by atoms with Crippen molar-refractivity contribution in [2.24, 2.45) is 0 Å². The van der Waals surface area contributed by atoms with Crippen molar-refractivity contribution >= 4 is 12.0 Å². The standard InChI is InChI=1S/C22H25FN2O5/c1-24(11-12-29-20-10-6-5-9-18(20)23)21(27)19-13-17(26)14-25(19)22(28)30-15-16-7-3-2-4-8-16/h2-10,17,19,26H,11-15H2,1H3/t17-,19+/m1/s1. The first kappa shape index (κ1) is 21.6. The minimum Gasteiger partial charge on any atom is -0.489 e. The van der Waals surface area contributed by atoms with Crippen LogP contribution >= 0.6 is 0 Å². The molecular formula is C22H25FN2O5. The number of aliphatic hydroxyl groups excluding tert-OH is 1. The first-order valence-electron chi connectivity index (χ1n) is 9.73. The van der Waals surface area contributed by atoms with E-state index in [1.165, 1.54) is 21.9 Å². The summed E-state index contributed by atoms with van der Waals surface area (Å²) in [6, 6.07) is 14.4. The Morgan fingerprint density at radius 1 is 1.17 bits per heavy atom. The molecule has 2 atom stereocenters. The summed E-state index contributed by atoms with van der Waals surface area (Å²) in [6.07, 6.45) is -1.31. The van der Waals surface area contributed by atoms with Gasteiger partial charge in [0.1, 0.15) is 19.3 Å². The van der Waals surface area contributed by atoms with Crippen molar-refractivity contribution in [3.63, 3.8) is 0 Å². The highest BCUT2D eigenvalue weighted by Gasteiger charge is 2.41. The lowest BCUT2D eigenvalue weighted by Gasteiger charge is -2.27. The maximum absolute atomic E-state index is 13.6. The minimum atomic E-state index is -0.818. The van der Waals surface area contributed by atoms with E-state index in [0.717, 1.165) is 5.56 Å². The third-order valence-corrected chi connectivity index (χ3v) is 4.90. The zero-order valence-electron chi connectivity index (χ0n) is 16.7. The number of rotatable bonds is 7. The quantitative estimate of drug-likeness (QED) is 0.750. The molecular weight excluding hydrogens is 391 g/mol. The molecule has 8 heteroatoms. The van der Waals surface area contributed by atoms with Crippen molar-refractivity contribution in [2.75, 3.05) is 26.7 Å². The van der Waals surface area contributed by atoms with E-state index in [1.54, 1.807) is 19.2 Å². The highest BCUT2D eigenvalue weighted by Crippen LogP contribution is 2.21. The van der Waals surface area contributed by atoms with Crippen molar-refractivity contribution in [1.82, 2.24) is 9.80 Å². The molecule has 0 spiro atoms. The molecule has 0 saturated carbocycles. The smallest absolute Gasteiger partial charge is 0.410 e. The van der Waals surface area contributed by atoms with Gasteiger partial charge in [-0.3, -0.25) is 9.69 Å². The molecule has 1 fully saturated rings. The topological polar surface area (TPSA) is 79.3 Å². The van der Waals surface area contributed by atoms with Gasteiger partial charge in [-0.15, -0.1) is 0 Å². The van der Waals surface area contributed by atoms with Crippen LogP contribution < -0.4 is 4.74 Å². The van der Waals surface area contributed by atoms with Crippen LogP contribution in [-0.2, 0) is 16.1 Å². The van der Waals surface area contributed by atoms with Crippen LogP contribution in [0.5, 0.6) is 5.75 Å². The number of likely N-dealkylation sites (N-methyl/N-ethyl adjacent to an activating group) is 1. The number of carbonyl (C=O) groups excluding carboxylic acids is 2. The number of β-amino-alcohol motifs (C(OH)–C–C–N with tert-alkyl or cyclic N) is 1. The molecule has 2 aromatic carbocycles. The molecule has 0 aliphatic carbocycles. The van der Waals surface area contributed by atoms with Crippen LogP contribution in [-0.4, -0.2) is 65.8 Å². The van der Waals surface area contributed by atoms with Crippen LogP contribution in [0.2, 0.25) is 0 Å². The fraction of sp³-hybridized carbons (Fsp3) is 0.364. The van der Waals surface area contributed by atoms with E-state index in [1.807, 2.05) is 30.3 Å². The number of para-hydroxylation sites is 1. The van der Waals surface area contributed by atoms with E-state index in [2.05, 4.69) is 0 Å². The van der Waals surface area contributed by atoms with Gasteiger partial charge < -0.3 is 19.5 Å². The number of aliphatic hydroxyl groups is 1. The van der Waals surface area contributed by atoms with Gasteiger partial charge in [0.05, 0.1) is 19.2 Å². The van der Waals surface area contributed by atoms with Gasteiger partial charge in [-0.25, -0.2) is 9.18 Å². The molecule has 0 unspecified atom stereocenters. The Balaban J connectivity index is 1.53. The Kier molecular flexibility index (Phi) is 7.24. The van der Waals surface area contributed by atoms with Crippen LogP contribution in [0.25, 0.3) is 0 Å². The molecule has 1 N–H and O–H groups in total. The zero-order valence-corrected chi connectivity index (χ0v) is 16.7. The normalized spacial score (nSPS) is 18.2. The van der Waals surface area contributed by atoms with Crippen LogP contribution in [0.15, 0.2) is 54.6 Å².